The Labute approximate surface area is 165 Å². The fourth-order valence-corrected chi connectivity index (χ4v) is 4.64. The molecule has 3 rings (SSSR count). The summed E-state index contributed by atoms with van der Waals surface area (Å²) in [5.41, 5.74) is -1.19. The average Bonchev–Trinajstić information content (AvgIpc) is 3.06. The van der Waals surface area contributed by atoms with Crippen LogP contribution in [0.25, 0.3) is 0 Å². The molecule has 1 amide bonds. The van der Waals surface area contributed by atoms with Crippen LogP contribution < -0.4 is 5.32 Å². The summed E-state index contributed by atoms with van der Waals surface area (Å²) in [4.78, 5) is 13.0. The molecule has 0 radical (unpaired) electrons. The number of carbonyl (C=O) groups excluding carboxylic acids is 1. The third-order valence-electron chi connectivity index (χ3n) is 4.40. The SMILES string of the molecule is Cc1cc(NC(=O)CN2CCN(S(=O)(=O)c3ccccc3C(F)(F)F)CC2)no1. The van der Waals surface area contributed by atoms with Gasteiger partial charge < -0.3 is 9.84 Å². The quantitative estimate of drug-likeness (QED) is 0.776. The Morgan fingerprint density at radius 1 is 1.21 bits per heavy atom. The highest BCUT2D eigenvalue weighted by Crippen LogP contribution is 2.35. The van der Waals surface area contributed by atoms with Gasteiger partial charge in [-0.2, -0.15) is 17.5 Å². The van der Waals surface area contributed by atoms with Crippen LogP contribution in [0.4, 0.5) is 19.0 Å². The van der Waals surface area contributed by atoms with Crippen LogP contribution in [0.1, 0.15) is 11.3 Å². The molecule has 0 spiro atoms. The zero-order valence-electron chi connectivity index (χ0n) is 15.4. The number of alkyl halides is 3. The number of amides is 1. The number of nitrogens with one attached hydrogen (secondary N) is 1. The van der Waals surface area contributed by atoms with Gasteiger partial charge in [-0.05, 0) is 19.1 Å². The van der Waals surface area contributed by atoms with Crippen LogP contribution >= 0.6 is 0 Å². The van der Waals surface area contributed by atoms with Gasteiger partial charge in [0.05, 0.1) is 17.0 Å². The molecule has 2 aromatic rings. The second-order valence-corrected chi connectivity index (χ2v) is 8.45. The van der Waals surface area contributed by atoms with E-state index in [1.54, 1.807) is 17.9 Å². The monoisotopic (exact) mass is 432 g/mol. The molecule has 2 heterocycles. The van der Waals surface area contributed by atoms with E-state index in [-0.39, 0.29) is 44.4 Å². The molecule has 1 fully saturated rings. The number of hydrogen-bond acceptors (Lipinski definition) is 6. The van der Waals surface area contributed by atoms with E-state index in [2.05, 4.69) is 10.5 Å². The first-order valence-electron chi connectivity index (χ1n) is 8.69. The Kier molecular flexibility index (Phi) is 5.96. The summed E-state index contributed by atoms with van der Waals surface area (Å²) in [6.07, 6.45) is -4.77. The molecule has 0 unspecified atom stereocenters. The van der Waals surface area contributed by atoms with Crippen LogP contribution in [0.15, 0.2) is 39.8 Å². The third kappa shape index (κ3) is 4.95. The van der Waals surface area contributed by atoms with Gasteiger partial charge in [-0.15, -0.1) is 0 Å². The molecule has 1 saturated heterocycles. The first-order valence-corrected chi connectivity index (χ1v) is 10.1. The molecule has 29 heavy (non-hydrogen) atoms. The lowest BCUT2D eigenvalue weighted by molar-refractivity contribution is -0.140. The van der Waals surface area contributed by atoms with Crippen molar-refractivity contribution in [2.45, 2.75) is 18.0 Å². The highest BCUT2D eigenvalue weighted by atomic mass is 32.2. The Morgan fingerprint density at radius 2 is 1.86 bits per heavy atom. The maximum absolute atomic E-state index is 13.2. The molecule has 1 aliphatic rings. The smallest absolute Gasteiger partial charge is 0.360 e. The van der Waals surface area contributed by atoms with E-state index >= 15 is 0 Å². The molecule has 0 atom stereocenters. The van der Waals surface area contributed by atoms with Gasteiger partial charge in [0, 0.05) is 32.2 Å². The minimum absolute atomic E-state index is 0.00106. The minimum atomic E-state index is -4.77. The first-order chi connectivity index (χ1) is 13.6. The van der Waals surface area contributed by atoms with E-state index in [1.807, 2.05) is 0 Å². The van der Waals surface area contributed by atoms with E-state index in [0.717, 1.165) is 22.5 Å². The highest BCUT2D eigenvalue weighted by molar-refractivity contribution is 7.89. The van der Waals surface area contributed by atoms with Gasteiger partial charge >= 0.3 is 6.18 Å². The Bertz CT molecular complexity index is 983. The summed E-state index contributed by atoms with van der Waals surface area (Å²) < 4.78 is 70.9. The maximum Gasteiger partial charge on any atom is 0.417 e. The Morgan fingerprint density at radius 3 is 2.45 bits per heavy atom. The van der Waals surface area contributed by atoms with Gasteiger partial charge in [-0.25, -0.2) is 8.42 Å². The standard InChI is InChI=1S/C17H19F3N4O4S/c1-12-10-15(22-28-12)21-16(25)11-23-6-8-24(9-7-23)29(26,27)14-5-3-2-4-13(14)17(18,19)20/h2-5,10H,6-9,11H2,1H3,(H,21,22,25). The summed E-state index contributed by atoms with van der Waals surface area (Å²) in [6.45, 7) is 2.05. The summed E-state index contributed by atoms with van der Waals surface area (Å²) in [5.74, 6) is 0.466. The molecule has 12 heteroatoms. The third-order valence-corrected chi connectivity index (χ3v) is 6.36. The lowest BCUT2D eigenvalue weighted by Gasteiger charge is -2.33. The lowest BCUT2D eigenvalue weighted by atomic mass is 10.2. The van der Waals surface area contributed by atoms with E-state index in [0.29, 0.717) is 5.76 Å². The number of sulfonamides is 1. The van der Waals surface area contributed by atoms with Crippen molar-refractivity contribution in [2.75, 3.05) is 38.0 Å². The zero-order valence-corrected chi connectivity index (χ0v) is 16.3. The molecular weight excluding hydrogens is 413 g/mol. The van der Waals surface area contributed by atoms with Crippen molar-refractivity contribution in [3.63, 3.8) is 0 Å². The van der Waals surface area contributed by atoms with E-state index in [9.17, 15) is 26.4 Å². The first kappa shape index (κ1) is 21.3. The Balaban J connectivity index is 1.62. The van der Waals surface area contributed by atoms with E-state index < -0.39 is 26.7 Å². The van der Waals surface area contributed by atoms with Gasteiger partial charge in [0.2, 0.25) is 15.9 Å². The molecule has 158 valence electrons. The molecular formula is C17H19F3N4O4S. The number of anilines is 1. The van der Waals surface area contributed by atoms with Crippen molar-refractivity contribution in [2.24, 2.45) is 0 Å². The number of nitrogens with zero attached hydrogens (tertiary/aromatic N) is 3. The normalized spacial score (nSPS) is 16.7. The largest absolute Gasteiger partial charge is 0.417 e. The van der Waals surface area contributed by atoms with Crippen molar-refractivity contribution in [1.82, 2.24) is 14.4 Å². The number of halogens is 3. The van der Waals surface area contributed by atoms with Gasteiger partial charge in [0.1, 0.15) is 5.76 Å². The van der Waals surface area contributed by atoms with E-state index in [4.69, 9.17) is 4.52 Å². The number of carbonyl (C=O) groups is 1. The molecule has 0 saturated carbocycles. The molecule has 1 N–H and O–H groups in total. The minimum Gasteiger partial charge on any atom is -0.360 e. The van der Waals surface area contributed by atoms with Gasteiger partial charge in [0.15, 0.2) is 5.82 Å². The second-order valence-electron chi connectivity index (χ2n) is 6.55. The predicted molar refractivity (Wildman–Crippen MR) is 96.5 cm³/mol. The van der Waals surface area contributed by atoms with Crippen molar-refractivity contribution in [3.8, 4) is 0 Å². The average molecular weight is 432 g/mol. The van der Waals surface area contributed by atoms with Crippen molar-refractivity contribution < 1.29 is 30.9 Å². The van der Waals surface area contributed by atoms with Gasteiger partial charge in [0.25, 0.3) is 0 Å². The van der Waals surface area contributed by atoms with Crippen LogP contribution in [0.3, 0.4) is 0 Å². The molecule has 0 bridgehead atoms. The Hall–Kier alpha value is -2.44. The number of aryl methyl sites for hydroxylation is 1. The van der Waals surface area contributed by atoms with Crippen LogP contribution in [0.5, 0.6) is 0 Å². The van der Waals surface area contributed by atoms with E-state index in [1.165, 1.54) is 6.07 Å². The van der Waals surface area contributed by atoms with Crippen molar-refractivity contribution in [1.29, 1.82) is 0 Å². The fourth-order valence-electron chi connectivity index (χ4n) is 3.00. The number of benzene rings is 1. The number of piperazine rings is 1. The molecule has 1 aliphatic heterocycles. The van der Waals surface area contributed by atoms with Gasteiger partial charge in [-0.3, -0.25) is 9.69 Å². The zero-order chi connectivity index (χ0) is 21.2. The van der Waals surface area contributed by atoms with Crippen molar-refractivity contribution >= 4 is 21.7 Å². The summed E-state index contributed by atoms with van der Waals surface area (Å²) in [6, 6.07) is 5.67. The topological polar surface area (TPSA) is 95.8 Å². The number of rotatable bonds is 5. The molecule has 1 aromatic carbocycles. The molecule has 8 nitrogen and oxygen atoms in total. The predicted octanol–water partition coefficient (Wildman–Crippen LogP) is 1.95. The van der Waals surface area contributed by atoms with Crippen molar-refractivity contribution in [3.05, 3.63) is 41.7 Å². The summed E-state index contributed by atoms with van der Waals surface area (Å²) in [5, 5.41) is 6.21. The maximum atomic E-state index is 13.2. The van der Waals surface area contributed by atoms with Crippen LogP contribution in [-0.4, -0.2) is 61.4 Å². The van der Waals surface area contributed by atoms with Crippen LogP contribution in [0.2, 0.25) is 0 Å². The fraction of sp³-hybridized carbons (Fsp3) is 0.412. The summed E-state index contributed by atoms with van der Waals surface area (Å²) in [7, 11) is -4.31. The van der Waals surface area contributed by atoms with Gasteiger partial charge in [-0.1, -0.05) is 17.3 Å². The highest BCUT2D eigenvalue weighted by Gasteiger charge is 2.39. The molecule has 1 aromatic heterocycles. The second kappa shape index (κ2) is 8.13. The lowest BCUT2D eigenvalue weighted by Crippen LogP contribution is -2.50. The molecule has 0 aliphatic carbocycles. The number of hydrogen-bond donors (Lipinski definition) is 1. The van der Waals surface area contributed by atoms with Crippen LogP contribution in [0, 0.1) is 6.92 Å². The van der Waals surface area contributed by atoms with Crippen LogP contribution in [-0.2, 0) is 21.0 Å². The summed E-state index contributed by atoms with van der Waals surface area (Å²) >= 11 is 0. The number of aromatic nitrogens is 1.